The molecule has 29 heavy (non-hydrogen) atoms. The van der Waals surface area contributed by atoms with E-state index in [1.807, 2.05) is 35.7 Å². The number of carbonyl (C=O) groups excluding carboxylic acids is 1. The van der Waals surface area contributed by atoms with Crippen molar-refractivity contribution in [1.82, 2.24) is 14.5 Å². The highest BCUT2D eigenvalue weighted by Crippen LogP contribution is 2.26. The van der Waals surface area contributed by atoms with Gasteiger partial charge in [0.25, 0.3) is 5.56 Å². The topological polar surface area (TPSA) is 86.1 Å². The Labute approximate surface area is 170 Å². The van der Waals surface area contributed by atoms with Crippen molar-refractivity contribution in [2.24, 2.45) is 0 Å². The molecule has 8 heteroatoms. The first-order chi connectivity index (χ1) is 14.1. The summed E-state index contributed by atoms with van der Waals surface area (Å²) in [6, 6.07) is 14.7. The summed E-state index contributed by atoms with van der Waals surface area (Å²) in [6.07, 6.45) is 1.63. The summed E-state index contributed by atoms with van der Waals surface area (Å²) in [6.45, 7) is 0.249. The van der Waals surface area contributed by atoms with E-state index in [1.54, 1.807) is 25.3 Å². The lowest BCUT2D eigenvalue weighted by molar-refractivity contribution is -0.116. The fraction of sp³-hybridized carbons (Fsp3) is 0.143. The van der Waals surface area contributed by atoms with Gasteiger partial charge < -0.3 is 10.1 Å². The third kappa shape index (κ3) is 4.17. The van der Waals surface area contributed by atoms with Gasteiger partial charge in [0.2, 0.25) is 5.91 Å². The van der Waals surface area contributed by atoms with Crippen molar-refractivity contribution >= 4 is 33.3 Å². The van der Waals surface area contributed by atoms with Crippen LogP contribution in [0.2, 0.25) is 0 Å². The number of nitrogens with one attached hydrogen (secondary N) is 1. The Balaban J connectivity index is 1.40. The van der Waals surface area contributed by atoms with Crippen LogP contribution in [0.1, 0.15) is 6.42 Å². The number of aryl methyl sites for hydroxylation is 1. The molecule has 2 heterocycles. The van der Waals surface area contributed by atoms with Crippen LogP contribution in [0.15, 0.2) is 65.0 Å². The highest BCUT2D eigenvalue weighted by atomic mass is 32.1. The van der Waals surface area contributed by atoms with Gasteiger partial charge in [0.05, 0.1) is 30.0 Å². The number of amides is 1. The number of benzene rings is 2. The maximum atomic E-state index is 12.5. The molecule has 2 aromatic heterocycles. The van der Waals surface area contributed by atoms with E-state index in [2.05, 4.69) is 15.3 Å². The third-order valence-electron chi connectivity index (χ3n) is 4.45. The number of aromatic nitrogens is 3. The van der Waals surface area contributed by atoms with Crippen molar-refractivity contribution in [3.05, 3.63) is 70.6 Å². The number of para-hydroxylation sites is 1. The maximum absolute atomic E-state index is 12.5. The Morgan fingerprint density at radius 1 is 1.17 bits per heavy atom. The van der Waals surface area contributed by atoms with E-state index in [0.29, 0.717) is 16.0 Å². The minimum absolute atomic E-state index is 0.150. The van der Waals surface area contributed by atoms with Gasteiger partial charge in [-0.2, -0.15) is 0 Å². The largest absolute Gasteiger partial charge is 0.497 e. The van der Waals surface area contributed by atoms with Crippen LogP contribution in [0.5, 0.6) is 5.75 Å². The molecule has 4 rings (SSSR count). The van der Waals surface area contributed by atoms with E-state index >= 15 is 0 Å². The summed E-state index contributed by atoms with van der Waals surface area (Å²) < 4.78 is 6.61. The molecule has 0 radical (unpaired) electrons. The smallest absolute Gasteiger partial charge is 0.261 e. The number of ether oxygens (including phenoxy) is 1. The van der Waals surface area contributed by atoms with Crippen LogP contribution in [0, 0.1) is 0 Å². The first kappa shape index (κ1) is 18.8. The lowest BCUT2D eigenvalue weighted by atomic mass is 10.2. The molecule has 1 amide bonds. The van der Waals surface area contributed by atoms with Gasteiger partial charge in [-0.25, -0.2) is 9.97 Å². The fourth-order valence-corrected chi connectivity index (χ4v) is 3.63. The number of anilines is 1. The summed E-state index contributed by atoms with van der Waals surface area (Å²) in [4.78, 5) is 33.5. The van der Waals surface area contributed by atoms with E-state index in [4.69, 9.17) is 4.74 Å². The second kappa shape index (κ2) is 8.24. The van der Waals surface area contributed by atoms with Gasteiger partial charge in [-0.3, -0.25) is 14.2 Å². The first-order valence-electron chi connectivity index (χ1n) is 8.98. The number of nitrogens with zero attached hydrogens (tertiary/aromatic N) is 3. The molecule has 146 valence electrons. The van der Waals surface area contributed by atoms with Crippen molar-refractivity contribution in [3.63, 3.8) is 0 Å². The molecule has 7 nitrogen and oxygen atoms in total. The monoisotopic (exact) mass is 406 g/mol. The van der Waals surface area contributed by atoms with Gasteiger partial charge in [-0.15, -0.1) is 11.3 Å². The molecule has 4 aromatic rings. The van der Waals surface area contributed by atoms with Crippen LogP contribution >= 0.6 is 11.3 Å². The number of fused-ring (bicyclic) bond motifs is 1. The normalized spacial score (nSPS) is 10.8. The Morgan fingerprint density at radius 2 is 1.97 bits per heavy atom. The molecule has 0 saturated carbocycles. The molecule has 0 aliphatic carbocycles. The predicted molar refractivity (Wildman–Crippen MR) is 113 cm³/mol. The quantitative estimate of drug-likeness (QED) is 0.529. The van der Waals surface area contributed by atoms with Crippen LogP contribution in [0.3, 0.4) is 0 Å². The highest BCUT2D eigenvalue weighted by Gasteiger charge is 2.10. The molecule has 0 unspecified atom stereocenters. The SMILES string of the molecule is COc1ccc(-c2csc(NC(=O)CCn3cnc4ccccc4c3=O)n2)cc1. The average molecular weight is 406 g/mol. The third-order valence-corrected chi connectivity index (χ3v) is 5.21. The van der Waals surface area contributed by atoms with Gasteiger partial charge in [-0.05, 0) is 36.4 Å². The van der Waals surface area contributed by atoms with Gasteiger partial charge >= 0.3 is 0 Å². The van der Waals surface area contributed by atoms with Crippen LogP contribution in [-0.2, 0) is 11.3 Å². The minimum Gasteiger partial charge on any atom is -0.497 e. The van der Waals surface area contributed by atoms with E-state index in [-0.39, 0.29) is 24.4 Å². The minimum atomic E-state index is -0.208. The van der Waals surface area contributed by atoms with Gasteiger partial charge in [0, 0.05) is 23.9 Å². The summed E-state index contributed by atoms with van der Waals surface area (Å²) in [5.41, 5.74) is 2.21. The van der Waals surface area contributed by atoms with Crippen molar-refractivity contribution in [2.75, 3.05) is 12.4 Å². The Bertz CT molecular complexity index is 1210. The highest BCUT2D eigenvalue weighted by molar-refractivity contribution is 7.14. The standard InChI is InChI=1S/C21H18N4O3S/c1-28-15-8-6-14(7-9-15)18-12-29-21(23-18)24-19(26)10-11-25-13-22-17-5-3-2-4-16(17)20(25)27/h2-9,12-13H,10-11H2,1H3,(H,23,24,26). The van der Waals surface area contributed by atoms with Crippen molar-refractivity contribution in [2.45, 2.75) is 13.0 Å². The van der Waals surface area contributed by atoms with Crippen LogP contribution in [0.4, 0.5) is 5.13 Å². The summed E-state index contributed by atoms with van der Waals surface area (Å²) in [5.74, 6) is 0.566. The molecule has 0 fully saturated rings. The molecule has 0 saturated heterocycles. The average Bonchev–Trinajstić information content (AvgIpc) is 3.22. The summed E-state index contributed by atoms with van der Waals surface area (Å²) in [5, 5.41) is 5.73. The zero-order chi connectivity index (χ0) is 20.2. The Kier molecular flexibility index (Phi) is 5.35. The molecular formula is C21H18N4O3S. The molecule has 1 N–H and O–H groups in total. The van der Waals surface area contributed by atoms with Crippen molar-refractivity contribution in [3.8, 4) is 17.0 Å². The predicted octanol–water partition coefficient (Wildman–Crippen LogP) is 3.56. The lowest BCUT2D eigenvalue weighted by Crippen LogP contribution is -2.23. The summed E-state index contributed by atoms with van der Waals surface area (Å²) >= 11 is 1.35. The number of hydrogen-bond donors (Lipinski definition) is 1. The molecule has 0 spiro atoms. The molecular weight excluding hydrogens is 388 g/mol. The second-order valence-corrected chi connectivity index (χ2v) is 7.18. The number of rotatable bonds is 6. The van der Waals surface area contributed by atoms with E-state index in [0.717, 1.165) is 17.0 Å². The zero-order valence-electron chi connectivity index (χ0n) is 15.7. The molecule has 0 bridgehead atoms. The Morgan fingerprint density at radius 3 is 2.76 bits per heavy atom. The fourth-order valence-electron chi connectivity index (χ4n) is 2.89. The van der Waals surface area contributed by atoms with E-state index in [1.165, 1.54) is 22.2 Å². The summed E-state index contributed by atoms with van der Waals surface area (Å²) in [7, 11) is 1.62. The molecule has 0 aliphatic rings. The van der Waals surface area contributed by atoms with E-state index < -0.39 is 0 Å². The van der Waals surface area contributed by atoms with Crippen molar-refractivity contribution in [1.29, 1.82) is 0 Å². The van der Waals surface area contributed by atoms with Gasteiger partial charge in [0.1, 0.15) is 5.75 Å². The molecule has 0 atom stereocenters. The van der Waals surface area contributed by atoms with Gasteiger partial charge in [-0.1, -0.05) is 12.1 Å². The van der Waals surface area contributed by atoms with E-state index in [9.17, 15) is 9.59 Å². The Hall–Kier alpha value is -3.52. The number of thiazole rings is 1. The van der Waals surface area contributed by atoms with Crippen LogP contribution < -0.4 is 15.6 Å². The lowest BCUT2D eigenvalue weighted by Gasteiger charge is -2.06. The van der Waals surface area contributed by atoms with Crippen LogP contribution in [-0.4, -0.2) is 27.6 Å². The maximum Gasteiger partial charge on any atom is 0.261 e. The van der Waals surface area contributed by atoms with Crippen LogP contribution in [0.25, 0.3) is 22.2 Å². The van der Waals surface area contributed by atoms with Crippen molar-refractivity contribution < 1.29 is 9.53 Å². The number of methoxy groups -OCH3 is 1. The zero-order valence-corrected chi connectivity index (χ0v) is 16.5. The molecule has 2 aromatic carbocycles. The molecule has 0 aliphatic heterocycles. The van der Waals surface area contributed by atoms with Gasteiger partial charge in [0.15, 0.2) is 5.13 Å². The number of carbonyl (C=O) groups is 1. The first-order valence-corrected chi connectivity index (χ1v) is 9.86. The number of hydrogen-bond acceptors (Lipinski definition) is 6. The second-order valence-electron chi connectivity index (χ2n) is 6.32.